The Kier molecular flexibility index (Phi) is 2.65. The Balaban J connectivity index is 2.19. The largest absolute Gasteiger partial charge is 0.480 e. The molecule has 1 N–H and O–H groups in total. The molecule has 0 atom stereocenters. The molecule has 0 saturated carbocycles. The number of aliphatic carboxylic acids is 1. The van der Waals surface area contributed by atoms with Crippen LogP contribution in [0.5, 0.6) is 0 Å². The zero-order valence-electron chi connectivity index (χ0n) is 5.75. The maximum Gasteiger partial charge on any atom is 0.317 e. The van der Waals surface area contributed by atoms with Crippen molar-refractivity contribution in [1.29, 1.82) is 0 Å². The van der Waals surface area contributed by atoms with Crippen LogP contribution >= 0.6 is 0 Å². The highest BCUT2D eigenvalue weighted by molar-refractivity contribution is 5.69. The van der Waals surface area contributed by atoms with E-state index < -0.39 is 5.97 Å². The van der Waals surface area contributed by atoms with Gasteiger partial charge in [-0.2, -0.15) is 0 Å². The van der Waals surface area contributed by atoms with Gasteiger partial charge in [0.1, 0.15) is 0 Å². The van der Waals surface area contributed by atoms with Crippen molar-refractivity contribution in [2.24, 2.45) is 0 Å². The minimum Gasteiger partial charge on any atom is -0.480 e. The highest BCUT2D eigenvalue weighted by Gasteiger charge is 2.12. The van der Waals surface area contributed by atoms with Crippen molar-refractivity contribution in [3.63, 3.8) is 0 Å². The van der Waals surface area contributed by atoms with Crippen molar-refractivity contribution in [2.45, 2.75) is 6.42 Å². The highest BCUT2D eigenvalue weighted by Crippen LogP contribution is 1.99. The summed E-state index contributed by atoms with van der Waals surface area (Å²) in [6.07, 6.45) is 0.938. The smallest absolute Gasteiger partial charge is 0.317 e. The number of rotatable bonds is 2. The maximum atomic E-state index is 10.2. The Morgan fingerprint density at radius 2 is 2.50 bits per heavy atom. The van der Waals surface area contributed by atoms with Gasteiger partial charge in [0.05, 0.1) is 13.3 Å². The van der Waals surface area contributed by atoms with E-state index in [1.165, 1.54) is 0 Å². The fourth-order valence-electron chi connectivity index (χ4n) is 0.964. The second-order valence-corrected chi connectivity index (χ2v) is 2.34. The number of carbonyl (C=O) groups is 1. The molecule has 0 spiro atoms. The molecule has 0 aromatic heterocycles. The summed E-state index contributed by atoms with van der Waals surface area (Å²) in [7, 11) is 0. The Hall–Kier alpha value is -0.610. The molecule has 0 radical (unpaired) electrons. The van der Waals surface area contributed by atoms with E-state index in [0.29, 0.717) is 6.73 Å². The summed E-state index contributed by atoms with van der Waals surface area (Å²) in [5.41, 5.74) is 0. The second kappa shape index (κ2) is 3.53. The molecule has 0 unspecified atom stereocenters. The number of hydrogen-bond donors (Lipinski definition) is 1. The highest BCUT2D eigenvalue weighted by atomic mass is 16.5. The summed E-state index contributed by atoms with van der Waals surface area (Å²) in [5.74, 6) is -0.787. The Bertz CT molecular complexity index is 120. The lowest BCUT2D eigenvalue weighted by atomic mass is 10.4. The molecule has 1 fully saturated rings. The Labute approximate surface area is 59.4 Å². The minimum absolute atomic E-state index is 0.0972. The van der Waals surface area contributed by atoms with Gasteiger partial charge in [-0.3, -0.25) is 9.69 Å². The lowest BCUT2D eigenvalue weighted by Crippen LogP contribution is -2.36. The number of carboxylic acid groups (broad SMARTS) is 1. The SMILES string of the molecule is O=C(O)CN1CCCOC1. The topological polar surface area (TPSA) is 49.8 Å². The summed E-state index contributed by atoms with van der Waals surface area (Å²) in [6.45, 7) is 2.16. The molecule has 1 rings (SSSR count). The summed E-state index contributed by atoms with van der Waals surface area (Å²) in [4.78, 5) is 11.9. The third-order valence-corrected chi connectivity index (χ3v) is 1.40. The molecule has 58 valence electrons. The van der Waals surface area contributed by atoms with Crippen molar-refractivity contribution in [3.8, 4) is 0 Å². The normalized spacial score (nSPS) is 20.8. The van der Waals surface area contributed by atoms with Gasteiger partial charge in [-0.15, -0.1) is 0 Å². The van der Waals surface area contributed by atoms with Crippen LogP contribution in [0.2, 0.25) is 0 Å². The molecule has 0 aliphatic carbocycles. The lowest BCUT2D eigenvalue weighted by molar-refractivity contribution is -0.141. The Morgan fingerprint density at radius 1 is 1.70 bits per heavy atom. The molecular formula is C6H11NO3. The minimum atomic E-state index is -0.787. The summed E-state index contributed by atoms with van der Waals surface area (Å²) in [5, 5.41) is 8.37. The van der Waals surface area contributed by atoms with Crippen molar-refractivity contribution in [1.82, 2.24) is 4.90 Å². The van der Waals surface area contributed by atoms with Crippen molar-refractivity contribution >= 4 is 5.97 Å². The van der Waals surface area contributed by atoms with Gasteiger partial charge >= 0.3 is 5.97 Å². The van der Waals surface area contributed by atoms with Crippen LogP contribution in [0.25, 0.3) is 0 Å². The van der Waals surface area contributed by atoms with Gasteiger partial charge in [0, 0.05) is 13.2 Å². The fourth-order valence-corrected chi connectivity index (χ4v) is 0.964. The number of ether oxygens (including phenoxy) is 1. The molecular weight excluding hydrogens is 134 g/mol. The lowest BCUT2D eigenvalue weighted by Gasteiger charge is -2.24. The van der Waals surface area contributed by atoms with Gasteiger partial charge in [-0.05, 0) is 6.42 Å². The predicted molar refractivity (Wildman–Crippen MR) is 34.6 cm³/mol. The van der Waals surface area contributed by atoms with Crippen LogP contribution in [0.15, 0.2) is 0 Å². The fraction of sp³-hybridized carbons (Fsp3) is 0.833. The van der Waals surface area contributed by atoms with Crippen molar-refractivity contribution in [2.75, 3.05) is 26.4 Å². The van der Waals surface area contributed by atoms with Gasteiger partial charge in [0.2, 0.25) is 0 Å². The van der Waals surface area contributed by atoms with Crippen LogP contribution in [-0.2, 0) is 9.53 Å². The first-order valence-electron chi connectivity index (χ1n) is 3.31. The standard InChI is InChI=1S/C6H11NO3/c8-6(9)4-7-2-1-3-10-5-7/h1-5H2,(H,8,9). The molecule has 1 saturated heterocycles. The van der Waals surface area contributed by atoms with Crippen molar-refractivity contribution < 1.29 is 14.6 Å². The summed E-state index contributed by atoms with van der Waals surface area (Å²) in [6, 6.07) is 0. The first-order chi connectivity index (χ1) is 4.79. The van der Waals surface area contributed by atoms with Crippen molar-refractivity contribution in [3.05, 3.63) is 0 Å². The van der Waals surface area contributed by atoms with Crippen LogP contribution in [0.3, 0.4) is 0 Å². The molecule has 0 bridgehead atoms. The van der Waals surface area contributed by atoms with Gasteiger partial charge in [0.15, 0.2) is 0 Å². The third-order valence-electron chi connectivity index (χ3n) is 1.40. The number of nitrogens with zero attached hydrogens (tertiary/aromatic N) is 1. The molecule has 4 nitrogen and oxygen atoms in total. The maximum absolute atomic E-state index is 10.2. The van der Waals surface area contributed by atoms with Gasteiger partial charge in [-0.25, -0.2) is 0 Å². The third kappa shape index (κ3) is 2.33. The zero-order chi connectivity index (χ0) is 7.40. The molecule has 4 heteroatoms. The molecule has 1 heterocycles. The van der Waals surface area contributed by atoms with E-state index in [0.717, 1.165) is 19.6 Å². The molecule has 0 amide bonds. The van der Waals surface area contributed by atoms with E-state index in [4.69, 9.17) is 9.84 Å². The number of carboxylic acids is 1. The molecule has 10 heavy (non-hydrogen) atoms. The summed E-state index contributed by atoms with van der Waals surface area (Å²) < 4.78 is 5.05. The van der Waals surface area contributed by atoms with Crippen LogP contribution in [-0.4, -0.2) is 42.4 Å². The van der Waals surface area contributed by atoms with E-state index in [9.17, 15) is 4.79 Å². The second-order valence-electron chi connectivity index (χ2n) is 2.34. The Morgan fingerprint density at radius 3 is 3.00 bits per heavy atom. The van der Waals surface area contributed by atoms with Crippen LogP contribution < -0.4 is 0 Å². The van der Waals surface area contributed by atoms with Gasteiger partial charge in [-0.1, -0.05) is 0 Å². The van der Waals surface area contributed by atoms with Crippen LogP contribution in [0, 0.1) is 0 Å². The molecule has 1 aliphatic heterocycles. The van der Waals surface area contributed by atoms with Crippen LogP contribution in [0.4, 0.5) is 0 Å². The quantitative estimate of drug-likeness (QED) is 0.582. The van der Waals surface area contributed by atoms with E-state index >= 15 is 0 Å². The molecule has 1 aliphatic rings. The van der Waals surface area contributed by atoms with E-state index in [1.54, 1.807) is 4.90 Å². The first kappa shape index (κ1) is 7.50. The zero-order valence-corrected chi connectivity index (χ0v) is 5.75. The van der Waals surface area contributed by atoms with E-state index in [-0.39, 0.29) is 6.54 Å². The number of hydrogen-bond acceptors (Lipinski definition) is 3. The average molecular weight is 145 g/mol. The first-order valence-corrected chi connectivity index (χ1v) is 3.31. The van der Waals surface area contributed by atoms with E-state index in [1.807, 2.05) is 0 Å². The monoisotopic (exact) mass is 145 g/mol. The van der Waals surface area contributed by atoms with Gasteiger partial charge < -0.3 is 9.84 Å². The molecule has 0 aromatic rings. The average Bonchev–Trinajstić information content (AvgIpc) is 1.88. The predicted octanol–water partition coefficient (Wildman–Crippen LogP) is -0.249. The summed E-state index contributed by atoms with van der Waals surface area (Å²) >= 11 is 0. The van der Waals surface area contributed by atoms with Crippen LogP contribution in [0.1, 0.15) is 6.42 Å². The van der Waals surface area contributed by atoms with E-state index in [2.05, 4.69) is 0 Å². The van der Waals surface area contributed by atoms with Gasteiger partial charge in [0.25, 0.3) is 0 Å². The molecule has 0 aromatic carbocycles.